The molecule has 2 N–H and O–H groups in total. The van der Waals surface area contributed by atoms with Crippen molar-refractivity contribution in [3.05, 3.63) is 33.5 Å². The molecule has 9 heteroatoms. The SMILES string of the molecule is O=S(=O)(Nc1nc2c(s1)CNCC2)c1cncc(Br)c1. The first-order valence-corrected chi connectivity index (χ1v) is 8.96. The van der Waals surface area contributed by atoms with E-state index >= 15 is 0 Å². The average Bonchev–Trinajstić information content (AvgIpc) is 2.80. The first-order valence-electron chi connectivity index (χ1n) is 5.87. The Labute approximate surface area is 128 Å². The number of nitrogens with one attached hydrogen (secondary N) is 2. The average molecular weight is 375 g/mol. The van der Waals surface area contributed by atoms with Crippen molar-refractivity contribution in [1.82, 2.24) is 15.3 Å². The van der Waals surface area contributed by atoms with Crippen molar-refractivity contribution in [2.75, 3.05) is 11.3 Å². The van der Waals surface area contributed by atoms with Crippen LogP contribution in [-0.2, 0) is 23.0 Å². The van der Waals surface area contributed by atoms with Crippen LogP contribution in [0.4, 0.5) is 5.13 Å². The molecule has 0 spiro atoms. The minimum atomic E-state index is -3.65. The Kier molecular flexibility index (Phi) is 3.76. The second-order valence-electron chi connectivity index (χ2n) is 4.26. The fourth-order valence-electron chi connectivity index (χ4n) is 1.88. The zero-order valence-corrected chi connectivity index (χ0v) is 13.5. The number of nitrogens with zero attached hydrogens (tertiary/aromatic N) is 2. The van der Waals surface area contributed by atoms with Crippen molar-refractivity contribution in [1.29, 1.82) is 0 Å². The molecule has 2 aromatic heterocycles. The zero-order valence-electron chi connectivity index (χ0n) is 10.3. The third kappa shape index (κ3) is 2.85. The highest BCUT2D eigenvalue weighted by molar-refractivity contribution is 9.10. The summed E-state index contributed by atoms with van der Waals surface area (Å²) in [4.78, 5) is 9.40. The minimum Gasteiger partial charge on any atom is -0.311 e. The predicted molar refractivity (Wildman–Crippen MR) is 80.3 cm³/mol. The van der Waals surface area contributed by atoms with Crippen LogP contribution < -0.4 is 10.0 Å². The molecule has 0 saturated heterocycles. The van der Waals surface area contributed by atoms with E-state index in [1.54, 1.807) is 0 Å². The fourth-order valence-corrected chi connectivity index (χ4v) is 4.60. The molecule has 3 heterocycles. The van der Waals surface area contributed by atoms with Crippen molar-refractivity contribution < 1.29 is 8.42 Å². The molecule has 0 radical (unpaired) electrons. The van der Waals surface area contributed by atoms with Gasteiger partial charge in [0, 0.05) is 41.3 Å². The summed E-state index contributed by atoms with van der Waals surface area (Å²) in [6.07, 6.45) is 3.67. The number of aromatic nitrogens is 2. The molecule has 0 unspecified atom stereocenters. The molecule has 0 saturated carbocycles. The van der Waals surface area contributed by atoms with Gasteiger partial charge >= 0.3 is 0 Å². The second-order valence-corrected chi connectivity index (χ2v) is 7.94. The molecule has 3 rings (SSSR count). The van der Waals surface area contributed by atoms with Gasteiger partial charge in [0.25, 0.3) is 10.0 Å². The van der Waals surface area contributed by atoms with Gasteiger partial charge in [0.05, 0.1) is 5.69 Å². The van der Waals surface area contributed by atoms with Crippen LogP contribution in [0.3, 0.4) is 0 Å². The maximum absolute atomic E-state index is 12.2. The van der Waals surface area contributed by atoms with Gasteiger partial charge in [0.2, 0.25) is 0 Å². The lowest BCUT2D eigenvalue weighted by Gasteiger charge is -2.09. The second kappa shape index (κ2) is 5.40. The lowest BCUT2D eigenvalue weighted by Crippen LogP contribution is -2.22. The summed E-state index contributed by atoms with van der Waals surface area (Å²) in [5.41, 5.74) is 0.971. The number of halogens is 1. The molecule has 0 bridgehead atoms. The molecule has 20 heavy (non-hydrogen) atoms. The van der Waals surface area contributed by atoms with Crippen molar-refractivity contribution in [3.8, 4) is 0 Å². The first-order chi connectivity index (χ1) is 9.54. The quantitative estimate of drug-likeness (QED) is 0.854. The number of sulfonamides is 1. The third-order valence-corrected chi connectivity index (χ3v) is 5.70. The monoisotopic (exact) mass is 374 g/mol. The lowest BCUT2D eigenvalue weighted by molar-refractivity contribution is 0.600. The molecule has 0 fully saturated rings. The standard InChI is InChI=1S/C11H11BrN4O2S2/c12-7-3-8(5-14-4-7)20(17,18)16-11-15-9-1-2-13-6-10(9)19-11/h3-5,13H,1-2,6H2,(H,15,16). The van der Waals surface area contributed by atoms with Crippen molar-refractivity contribution in [2.45, 2.75) is 17.9 Å². The van der Waals surface area contributed by atoms with E-state index in [-0.39, 0.29) is 4.90 Å². The van der Waals surface area contributed by atoms with E-state index in [1.807, 2.05) is 0 Å². The Bertz CT molecular complexity index is 721. The van der Waals surface area contributed by atoms with Crippen molar-refractivity contribution in [2.24, 2.45) is 0 Å². The highest BCUT2D eigenvalue weighted by atomic mass is 79.9. The minimum absolute atomic E-state index is 0.109. The van der Waals surface area contributed by atoms with Crippen LogP contribution in [0.15, 0.2) is 27.8 Å². The number of anilines is 1. The van der Waals surface area contributed by atoms with Crippen molar-refractivity contribution in [3.63, 3.8) is 0 Å². The van der Waals surface area contributed by atoms with Gasteiger partial charge in [-0.15, -0.1) is 0 Å². The summed E-state index contributed by atoms with van der Waals surface area (Å²) in [5.74, 6) is 0. The van der Waals surface area contributed by atoms with Gasteiger partial charge < -0.3 is 5.32 Å². The highest BCUT2D eigenvalue weighted by Gasteiger charge is 2.20. The van der Waals surface area contributed by atoms with Gasteiger partial charge in [-0.3, -0.25) is 9.71 Å². The van der Waals surface area contributed by atoms with E-state index in [0.29, 0.717) is 9.60 Å². The van der Waals surface area contributed by atoms with Crippen LogP contribution in [0.2, 0.25) is 0 Å². The Hall–Kier alpha value is -1.03. The molecule has 0 aliphatic carbocycles. The molecule has 0 amide bonds. The van der Waals surface area contributed by atoms with E-state index in [0.717, 1.165) is 30.1 Å². The number of hydrogen-bond acceptors (Lipinski definition) is 6. The topological polar surface area (TPSA) is 84.0 Å². The van der Waals surface area contributed by atoms with Crippen molar-refractivity contribution >= 4 is 42.4 Å². The molecule has 1 aliphatic heterocycles. The Morgan fingerprint density at radius 3 is 3.00 bits per heavy atom. The normalized spacial score (nSPS) is 14.8. The van der Waals surface area contributed by atoms with Gasteiger partial charge in [0.1, 0.15) is 4.90 Å². The van der Waals surface area contributed by atoms with Gasteiger partial charge in [-0.05, 0) is 22.0 Å². The van der Waals surface area contributed by atoms with Crippen LogP contribution in [0, 0.1) is 0 Å². The predicted octanol–water partition coefficient (Wildman–Crippen LogP) is 1.75. The van der Waals surface area contributed by atoms with E-state index in [2.05, 4.69) is 35.9 Å². The van der Waals surface area contributed by atoms with Gasteiger partial charge in [-0.25, -0.2) is 13.4 Å². The lowest BCUT2D eigenvalue weighted by atomic mass is 10.2. The van der Waals surface area contributed by atoms with Crippen LogP contribution in [0.25, 0.3) is 0 Å². The number of fused-ring (bicyclic) bond motifs is 1. The van der Waals surface area contributed by atoms with Crippen LogP contribution >= 0.6 is 27.3 Å². The van der Waals surface area contributed by atoms with E-state index in [1.165, 1.54) is 29.8 Å². The van der Waals surface area contributed by atoms with Crippen LogP contribution in [-0.4, -0.2) is 24.9 Å². The fraction of sp³-hybridized carbons (Fsp3) is 0.273. The first kappa shape index (κ1) is 13.9. The van der Waals surface area contributed by atoms with Gasteiger partial charge in [-0.2, -0.15) is 0 Å². The summed E-state index contributed by atoms with van der Waals surface area (Å²) in [5, 5.41) is 3.63. The zero-order chi connectivity index (χ0) is 14.2. The smallest absolute Gasteiger partial charge is 0.265 e. The Balaban J connectivity index is 1.88. The number of rotatable bonds is 3. The third-order valence-electron chi connectivity index (χ3n) is 2.81. The van der Waals surface area contributed by atoms with Crippen LogP contribution in [0.5, 0.6) is 0 Å². The Morgan fingerprint density at radius 2 is 2.25 bits per heavy atom. The molecule has 106 valence electrons. The molecule has 0 atom stereocenters. The number of hydrogen-bond donors (Lipinski definition) is 2. The largest absolute Gasteiger partial charge is 0.311 e. The number of thiazole rings is 1. The summed E-state index contributed by atoms with van der Waals surface area (Å²) in [7, 11) is -3.65. The summed E-state index contributed by atoms with van der Waals surface area (Å²) < 4.78 is 27.6. The summed E-state index contributed by atoms with van der Waals surface area (Å²) in [6, 6.07) is 1.50. The molecular formula is C11H11BrN4O2S2. The van der Waals surface area contributed by atoms with Crippen LogP contribution in [0.1, 0.15) is 10.6 Å². The summed E-state index contributed by atoms with van der Waals surface area (Å²) in [6.45, 7) is 1.62. The molecule has 1 aliphatic rings. The van der Waals surface area contributed by atoms with E-state index in [9.17, 15) is 8.42 Å². The van der Waals surface area contributed by atoms with E-state index in [4.69, 9.17) is 0 Å². The maximum Gasteiger partial charge on any atom is 0.265 e. The van der Waals surface area contributed by atoms with Gasteiger partial charge in [0.15, 0.2) is 5.13 Å². The van der Waals surface area contributed by atoms with Gasteiger partial charge in [-0.1, -0.05) is 11.3 Å². The maximum atomic E-state index is 12.2. The molecular weight excluding hydrogens is 364 g/mol. The Morgan fingerprint density at radius 1 is 1.40 bits per heavy atom. The number of pyridine rings is 1. The summed E-state index contributed by atoms with van der Waals surface area (Å²) >= 11 is 4.58. The van der Waals surface area contributed by atoms with E-state index < -0.39 is 10.0 Å². The molecule has 2 aromatic rings. The molecule has 0 aromatic carbocycles. The highest BCUT2D eigenvalue weighted by Crippen LogP contribution is 2.27. The molecule has 6 nitrogen and oxygen atoms in total.